The molecule has 5 heteroatoms. The van der Waals surface area contributed by atoms with Crippen LogP contribution in [0.4, 0.5) is 0 Å². The average Bonchev–Trinajstić information content (AvgIpc) is 3.06. The van der Waals surface area contributed by atoms with Gasteiger partial charge in [-0.05, 0) is 36.4 Å². The van der Waals surface area contributed by atoms with Crippen LogP contribution in [0.25, 0.3) is 10.9 Å². The summed E-state index contributed by atoms with van der Waals surface area (Å²) < 4.78 is 7.06. The molecule has 0 aliphatic heterocycles. The lowest BCUT2D eigenvalue weighted by atomic mass is 10.2. The number of fused-ring (bicyclic) bond motifs is 1. The van der Waals surface area contributed by atoms with E-state index in [2.05, 4.69) is 5.32 Å². The number of rotatable bonds is 4. The van der Waals surface area contributed by atoms with Crippen LogP contribution in [0.1, 0.15) is 5.76 Å². The van der Waals surface area contributed by atoms with E-state index >= 15 is 0 Å². The Morgan fingerprint density at radius 1 is 1.30 bits per heavy atom. The van der Waals surface area contributed by atoms with E-state index in [1.807, 2.05) is 41.1 Å². The standard InChI is InChI=1S/C15H13ClN2O2/c16-12-3-4-14-11(8-12)5-6-18(14)10-15(19)17-9-13-2-1-7-20-13/h1-8H,9-10H2,(H,17,19). The number of hydrogen-bond acceptors (Lipinski definition) is 2. The minimum absolute atomic E-state index is 0.0612. The van der Waals surface area contributed by atoms with Crippen molar-refractivity contribution in [2.24, 2.45) is 0 Å². The van der Waals surface area contributed by atoms with E-state index in [-0.39, 0.29) is 12.5 Å². The third kappa shape index (κ3) is 2.70. The molecule has 2 heterocycles. The molecule has 0 atom stereocenters. The van der Waals surface area contributed by atoms with E-state index in [1.165, 1.54) is 0 Å². The van der Waals surface area contributed by atoms with Crippen LogP contribution >= 0.6 is 11.6 Å². The van der Waals surface area contributed by atoms with E-state index in [1.54, 1.807) is 12.3 Å². The van der Waals surface area contributed by atoms with Gasteiger partial charge in [0.1, 0.15) is 12.3 Å². The lowest BCUT2D eigenvalue weighted by molar-refractivity contribution is -0.121. The van der Waals surface area contributed by atoms with Gasteiger partial charge in [0.2, 0.25) is 5.91 Å². The van der Waals surface area contributed by atoms with E-state index in [0.717, 1.165) is 16.7 Å². The molecule has 0 saturated carbocycles. The van der Waals surface area contributed by atoms with Gasteiger partial charge in [0.15, 0.2) is 0 Å². The molecule has 1 aromatic carbocycles. The Morgan fingerprint density at radius 3 is 3.00 bits per heavy atom. The fourth-order valence-corrected chi connectivity index (χ4v) is 2.30. The number of halogens is 1. The number of amides is 1. The molecule has 0 spiro atoms. The highest BCUT2D eigenvalue weighted by Gasteiger charge is 2.07. The van der Waals surface area contributed by atoms with Gasteiger partial charge < -0.3 is 14.3 Å². The average molecular weight is 289 g/mol. The summed E-state index contributed by atoms with van der Waals surface area (Å²) in [5.74, 6) is 0.677. The molecule has 0 saturated heterocycles. The summed E-state index contributed by atoms with van der Waals surface area (Å²) in [6.45, 7) is 0.669. The summed E-state index contributed by atoms with van der Waals surface area (Å²) in [6.07, 6.45) is 3.47. The molecule has 102 valence electrons. The highest BCUT2D eigenvalue weighted by molar-refractivity contribution is 6.31. The number of nitrogens with one attached hydrogen (secondary N) is 1. The van der Waals surface area contributed by atoms with Crippen molar-refractivity contribution in [2.75, 3.05) is 0 Å². The van der Waals surface area contributed by atoms with Gasteiger partial charge in [-0.2, -0.15) is 0 Å². The van der Waals surface area contributed by atoms with Gasteiger partial charge in [0, 0.05) is 22.1 Å². The lowest BCUT2D eigenvalue weighted by Crippen LogP contribution is -2.26. The van der Waals surface area contributed by atoms with Crippen LogP contribution in [-0.4, -0.2) is 10.5 Å². The van der Waals surface area contributed by atoms with Gasteiger partial charge in [-0.3, -0.25) is 4.79 Å². The molecule has 3 rings (SSSR count). The summed E-state index contributed by atoms with van der Waals surface area (Å²) in [7, 11) is 0. The minimum atomic E-state index is -0.0612. The lowest BCUT2D eigenvalue weighted by Gasteiger charge is -2.06. The third-order valence-corrected chi connectivity index (χ3v) is 3.32. The molecule has 0 aliphatic carbocycles. The van der Waals surface area contributed by atoms with Crippen LogP contribution < -0.4 is 5.32 Å². The number of hydrogen-bond donors (Lipinski definition) is 1. The molecular formula is C15H13ClN2O2. The molecule has 0 radical (unpaired) electrons. The van der Waals surface area contributed by atoms with E-state index in [9.17, 15) is 4.79 Å². The first-order valence-electron chi connectivity index (χ1n) is 6.26. The number of carbonyl (C=O) groups excluding carboxylic acids is 1. The maximum Gasteiger partial charge on any atom is 0.240 e. The van der Waals surface area contributed by atoms with Gasteiger partial charge in [0.25, 0.3) is 0 Å². The Hall–Kier alpha value is -2.20. The van der Waals surface area contributed by atoms with Crippen LogP contribution in [-0.2, 0) is 17.9 Å². The van der Waals surface area contributed by atoms with Gasteiger partial charge in [-0.15, -0.1) is 0 Å². The summed E-state index contributed by atoms with van der Waals surface area (Å²) in [5, 5.41) is 4.54. The molecule has 0 unspecified atom stereocenters. The fourth-order valence-electron chi connectivity index (χ4n) is 2.12. The van der Waals surface area contributed by atoms with Crippen molar-refractivity contribution in [1.82, 2.24) is 9.88 Å². The first-order chi connectivity index (χ1) is 9.72. The first kappa shape index (κ1) is 12.8. The minimum Gasteiger partial charge on any atom is -0.467 e. The molecular weight excluding hydrogens is 276 g/mol. The highest BCUT2D eigenvalue weighted by atomic mass is 35.5. The fraction of sp³-hybridized carbons (Fsp3) is 0.133. The Bertz CT molecular complexity index is 732. The largest absolute Gasteiger partial charge is 0.467 e. The van der Waals surface area contributed by atoms with Crippen LogP contribution in [0.3, 0.4) is 0 Å². The summed E-state index contributed by atoms with van der Waals surface area (Å²) in [5.41, 5.74) is 0.988. The zero-order valence-corrected chi connectivity index (χ0v) is 11.4. The van der Waals surface area contributed by atoms with Crippen molar-refractivity contribution in [1.29, 1.82) is 0 Å². The normalized spacial score (nSPS) is 10.8. The quantitative estimate of drug-likeness (QED) is 0.801. The van der Waals surface area contributed by atoms with Crippen molar-refractivity contribution in [3.05, 3.63) is 59.6 Å². The Kier molecular flexibility index (Phi) is 3.48. The van der Waals surface area contributed by atoms with Crippen LogP contribution in [0.15, 0.2) is 53.3 Å². The van der Waals surface area contributed by atoms with Gasteiger partial charge in [-0.1, -0.05) is 11.6 Å². The molecule has 4 nitrogen and oxygen atoms in total. The van der Waals surface area contributed by atoms with Crippen LogP contribution in [0.5, 0.6) is 0 Å². The molecule has 1 amide bonds. The smallest absolute Gasteiger partial charge is 0.240 e. The van der Waals surface area contributed by atoms with Crippen molar-refractivity contribution >= 4 is 28.4 Å². The number of aromatic nitrogens is 1. The third-order valence-electron chi connectivity index (χ3n) is 3.09. The van der Waals surface area contributed by atoms with Crippen LogP contribution in [0, 0.1) is 0 Å². The molecule has 2 aromatic heterocycles. The number of nitrogens with zero attached hydrogens (tertiary/aromatic N) is 1. The second-order valence-corrected chi connectivity index (χ2v) is 4.94. The van der Waals surface area contributed by atoms with Crippen molar-refractivity contribution in [3.63, 3.8) is 0 Å². The van der Waals surface area contributed by atoms with Gasteiger partial charge >= 0.3 is 0 Å². The topological polar surface area (TPSA) is 47.2 Å². The number of carbonyl (C=O) groups is 1. The Morgan fingerprint density at radius 2 is 2.20 bits per heavy atom. The Balaban J connectivity index is 1.68. The maximum atomic E-state index is 11.9. The molecule has 3 aromatic rings. The van der Waals surface area contributed by atoms with Gasteiger partial charge in [0.05, 0.1) is 12.8 Å². The molecule has 20 heavy (non-hydrogen) atoms. The maximum absolute atomic E-state index is 11.9. The van der Waals surface area contributed by atoms with Gasteiger partial charge in [-0.25, -0.2) is 0 Å². The SMILES string of the molecule is O=C(Cn1ccc2cc(Cl)ccc21)NCc1ccco1. The van der Waals surface area contributed by atoms with E-state index in [0.29, 0.717) is 11.6 Å². The monoisotopic (exact) mass is 288 g/mol. The second kappa shape index (κ2) is 5.43. The second-order valence-electron chi connectivity index (χ2n) is 4.50. The van der Waals surface area contributed by atoms with E-state index in [4.69, 9.17) is 16.0 Å². The zero-order valence-electron chi connectivity index (χ0n) is 10.7. The molecule has 0 fully saturated rings. The highest BCUT2D eigenvalue weighted by Crippen LogP contribution is 2.20. The predicted octanol–water partition coefficient (Wildman–Crippen LogP) is 3.20. The van der Waals surface area contributed by atoms with Crippen LogP contribution in [0.2, 0.25) is 5.02 Å². The summed E-state index contributed by atoms with van der Waals surface area (Å²) in [6, 6.07) is 11.2. The molecule has 0 aliphatic rings. The number of furan rings is 1. The van der Waals surface area contributed by atoms with Crippen molar-refractivity contribution in [3.8, 4) is 0 Å². The van der Waals surface area contributed by atoms with Crippen molar-refractivity contribution < 1.29 is 9.21 Å². The van der Waals surface area contributed by atoms with E-state index < -0.39 is 0 Å². The Labute approximate surface area is 120 Å². The molecule has 1 N–H and O–H groups in total. The summed E-state index contributed by atoms with van der Waals surface area (Å²) >= 11 is 5.94. The summed E-state index contributed by atoms with van der Waals surface area (Å²) in [4.78, 5) is 11.9. The first-order valence-corrected chi connectivity index (χ1v) is 6.63. The predicted molar refractivity (Wildman–Crippen MR) is 77.5 cm³/mol. The number of benzene rings is 1. The molecule has 0 bridgehead atoms. The zero-order chi connectivity index (χ0) is 13.9. The van der Waals surface area contributed by atoms with Crippen molar-refractivity contribution in [2.45, 2.75) is 13.1 Å².